The topological polar surface area (TPSA) is 50.4 Å². The van der Waals surface area contributed by atoms with E-state index in [1.54, 1.807) is 7.11 Å². The van der Waals surface area contributed by atoms with Gasteiger partial charge in [0.15, 0.2) is 0 Å². The summed E-state index contributed by atoms with van der Waals surface area (Å²) in [6, 6.07) is 0.398. The third kappa shape index (κ3) is 10.3. The molecule has 2 unspecified atom stereocenters. The fraction of sp³-hybridized carbons (Fsp3) is 0.923. The van der Waals surface area contributed by atoms with Crippen molar-refractivity contribution < 1.29 is 9.53 Å². The lowest BCUT2D eigenvalue weighted by Crippen LogP contribution is -2.39. The average molecular weight is 244 g/mol. The van der Waals surface area contributed by atoms with E-state index >= 15 is 0 Å². The van der Waals surface area contributed by atoms with Crippen LogP contribution in [0, 0.1) is 5.92 Å². The van der Waals surface area contributed by atoms with E-state index in [1.807, 2.05) is 0 Å². The fourth-order valence-electron chi connectivity index (χ4n) is 1.63. The minimum atomic E-state index is 0.0668. The van der Waals surface area contributed by atoms with Crippen LogP contribution in [0.4, 0.5) is 0 Å². The summed E-state index contributed by atoms with van der Waals surface area (Å²) in [6.07, 6.45) is 3.17. The molecule has 1 amide bonds. The van der Waals surface area contributed by atoms with Gasteiger partial charge in [0.25, 0.3) is 0 Å². The molecule has 0 aromatic rings. The van der Waals surface area contributed by atoms with Gasteiger partial charge in [-0.05, 0) is 25.7 Å². The highest BCUT2D eigenvalue weighted by atomic mass is 16.5. The standard InChI is InChI=1S/C13H28N2O2/c1-5-11(2)9-12(3)15-10-13(16)14-7-6-8-17-4/h11-12,15H,5-10H2,1-4H3,(H,14,16). The summed E-state index contributed by atoms with van der Waals surface area (Å²) in [6.45, 7) is 8.35. The Hall–Kier alpha value is -0.610. The second-order valence-corrected chi connectivity index (χ2v) is 4.73. The molecular weight excluding hydrogens is 216 g/mol. The predicted octanol–water partition coefficient (Wildman–Crippen LogP) is 1.55. The van der Waals surface area contributed by atoms with E-state index in [4.69, 9.17) is 4.74 Å². The zero-order valence-electron chi connectivity index (χ0n) is 11.7. The highest BCUT2D eigenvalue weighted by molar-refractivity contribution is 5.77. The molecule has 0 aliphatic carbocycles. The molecule has 0 saturated heterocycles. The van der Waals surface area contributed by atoms with Gasteiger partial charge in [-0.15, -0.1) is 0 Å². The second kappa shape index (κ2) is 10.5. The maximum Gasteiger partial charge on any atom is 0.233 e. The van der Waals surface area contributed by atoms with Gasteiger partial charge in [-0.1, -0.05) is 20.3 Å². The number of carbonyl (C=O) groups is 1. The lowest BCUT2D eigenvalue weighted by Gasteiger charge is -2.17. The van der Waals surface area contributed by atoms with Crippen LogP contribution in [0.3, 0.4) is 0 Å². The van der Waals surface area contributed by atoms with E-state index in [2.05, 4.69) is 31.4 Å². The van der Waals surface area contributed by atoms with E-state index in [9.17, 15) is 4.79 Å². The Morgan fingerprint density at radius 1 is 1.35 bits per heavy atom. The van der Waals surface area contributed by atoms with Crippen molar-refractivity contribution in [3.63, 3.8) is 0 Å². The molecule has 0 rings (SSSR count). The summed E-state index contributed by atoms with van der Waals surface area (Å²) in [5.74, 6) is 0.777. The van der Waals surface area contributed by atoms with Crippen molar-refractivity contribution in [2.45, 2.75) is 46.1 Å². The molecule has 2 atom stereocenters. The third-order valence-corrected chi connectivity index (χ3v) is 2.91. The molecule has 4 nitrogen and oxygen atoms in total. The number of hydrogen-bond donors (Lipinski definition) is 2. The quantitative estimate of drug-likeness (QED) is 0.573. The first-order chi connectivity index (χ1) is 8.10. The molecule has 0 bridgehead atoms. The van der Waals surface area contributed by atoms with Gasteiger partial charge < -0.3 is 15.4 Å². The van der Waals surface area contributed by atoms with Crippen molar-refractivity contribution in [1.82, 2.24) is 10.6 Å². The van der Waals surface area contributed by atoms with Crippen LogP contribution >= 0.6 is 0 Å². The van der Waals surface area contributed by atoms with Crippen molar-refractivity contribution in [1.29, 1.82) is 0 Å². The Morgan fingerprint density at radius 2 is 2.06 bits per heavy atom. The summed E-state index contributed by atoms with van der Waals surface area (Å²) in [4.78, 5) is 11.5. The minimum absolute atomic E-state index is 0.0668. The lowest BCUT2D eigenvalue weighted by molar-refractivity contribution is -0.120. The van der Waals surface area contributed by atoms with Gasteiger partial charge in [0.2, 0.25) is 5.91 Å². The molecule has 0 spiro atoms. The molecule has 0 aliphatic heterocycles. The number of hydrogen-bond acceptors (Lipinski definition) is 3. The third-order valence-electron chi connectivity index (χ3n) is 2.91. The van der Waals surface area contributed by atoms with Crippen molar-refractivity contribution in [3.05, 3.63) is 0 Å². The lowest BCUT2D eigenvalue weighted by atomic mass is 10.0. The molecule has 0 heterocycles. The van der Waals surface area contributed by atoms with Crippen LogP contribution in [0.5, 0.6) is 0 Å². The molecule has 0 radical (unpaired) electrons. The Balaban J connectivity index is 3.48. The molecule has 2 N–H and O–H groups in total. The number of nitrogens with one attached hydrogen (secondary N) is 2. The monoisotopic (exact) mass is 244 g/mol. The minimum Gasteiger partial charge on any atom is -0.385 e. The van der Waals surface area contributed by atoms with Gasteiger partial charge in [-0.2, -0.15) is 0 Å². The van der Waals surface area contributed by atoms with Gasteiger partial charge >= 0.3 is 0 Å². The largest absolute Gasteiger partial charge is 0.385 e. The number of methoxy groups -OCH3 is 1. The van der Waals surface area contributed by atoms with E-state index in [0.717, 1.165) is 12.8 Å². The molecule has 102 valence electrons. The van der Waals surface area contributed by atoms with Crippen molar-refractivity contribution in [3.8, 4) is 0 Å². The zero-order chi connectivity index (χ0) is 13.1. The molecule has 0 fully saturated rings. The van der Waals surface area contributed by atoms with Crippen LogP contribution in [-0.4, -0.2) is 38.8 Å². The van der Waals surface area contributed by atoms with Gasteiger partial charge in [-0.25, -0.2) is 0 Å². The van der Waals surface area contributed by atoms with Crippen LogP contribution in [-0.2, 0) is 9.53 Å². The predicted molar refractivity (Wildman–Crippen MR) is 71.0 cm³/mol. The highest BCUT2D eigenvalue weighted by Gasteiger charge is 2.08. The van der Waals surface area contributed by atoms with E-state index in [-0.39, 0.29) is 5.91 Å². The van der Waals surface area contributed by atoms with Crippen molar-refractivity contribution >= 4 is 5.91 Å². The first-order valence-electron chi connectivity index (χ1n) is 6.59. The normalized spacial score (nSPS) is 14.4. The molecule has 17 heavy (non-hydrogen) atoms. The zero-order valence-corrected chi connectivity index (χ0v) is 11.7. The van der Waals surface area contributed by atoms with Gasteiger partial charge in [0.1, 0.15) is 0 Å². The molecule has 4 heteroatoms. The smallest absolute Gasteiger partial charge is 0.233 e. The summed E-state index contributed by atoms with van der Waals surface area (Å²) >= 11 is 0. The second-order valence-electron chi connectivity index (χ2n) is 4.73. The van der Waals surface area contributed by atoms with Gasteiger partial charge in [0.05, 0.1) is 6.54 Å². The van der Waals surface area contributed by atoms with Crippen LogP contribution in [0.15, 0.2) is 0 Å². The fourth-order valence-corrected chi connectivity index (χ4v) is 1.63. The Kier molecular flexibility index (Phi) is 10.2. The van der Waals surface area contributed by atoms with Gasteiger partial charge in [-0.3, -0.25) is 4.79 Å². The maximum atomic E-state index is 11.5. The SMILES string of the molecule is CCC(C)CC(C)NCC(=O)NCCCOC. The number of carbonyl (C=O) groups excluding carboxylic acids is 1. The molecule has 0 aliphatic rings. The summed E-state index contributed by atoms with van der Waals surface area (Å²) in [7, 11) is 1.67. The number of rotatable bonds is 10. The number of amides is 1. The molecular formula is C13H28N2O2. The summed E-state index contributed by atoms with van der Waals surface area (Å²) in [5.41, 5.74) is 0. The Labute approximate surface area is 105 Å². The first kappa shape index (κ1) is 16.4. The van der Waals surface area contributed by atoms with E-state index < -0.39 is 0 Å². The first-order valence-corrected chi connectivity index (χ1v) is 6.59. The Morgan fingerprint density at radius 3 is 2.65 bits per heavy atom. The van der Waals surface area contributed by atoms with Crippen LogP contribution in [0.1, 0.15) is 40.0 Å². The average Bonchev–Trinajstić information content (AvgIpc) is 2.32. The summed E-state index contributed by atoms with van der Waals surface area (Å²) < 4.78 is 4.91. The van der Waals surface area contributed by atoms with Crippen LogP contribution in [0.25, 0.3) is 0 Å². The van der Waals surface area contributed by atoms with Crippen LogP contribution in [0.2, 0.25) is 0 Å². The van der Waals surface area contributed by atoms with E-state index in [1.165, 1.54) is 6.42 Å². The maximum absolute atomic E-state index is 11.5. The van der Waals surface area contributed by atoms with Crippen LogP contribution < -0.4 is 10.6 Å². The van der Waals surface area contributed by atoms with Crippen molar-refractivity contribution in [2.75, 3.05) is 26.8 Å². The van der Waals surface area contributed by atoms with Gasteiger partial charge in [0, 0.05) is 26.3 Å². The van der Waals surface area contributed by atoms with Crippen molar-refractivity contribution in [2.24, 2.45) is 5.92 Å². The Bertz CT molecular complexity index is 198. The molecule has 0 aromatic heterocycles. The molecule has 0 aromatic carbocycles. The number of ether oxygens (including phenoxy) is 1. The highest BCUT2D eigenvalue weighted by Crippen LogP contribution is 2.08. The summed E-state index contributed by atoms with van der Waals surface area (Å²) in [5, 5.41) is 6.10. The molecule has 0 saturated carbocycles. The van der Waals surface area contributed by atoms with E-state index in [0.29, 0.717) is 31.7 Å².